The highest BCUT2D eigenvalue weighted by atomic mass is 35.5. The minimum absolute atomic E-state index is 0.128. The minimum atomic E-state index is -0.342. The van der Waals surface area contributed by atoms with Gasteiger partial charge in [-0.3, -0.25) is 4.79 Å². The van der Waals surface area contributed by atoms with Crippen LogP contribution in [0, 0.1) is 5.92 Å². The monoisotopic (exact) mass is 286 g/mol. The molecule has 0 saturated carbocycles. The van der Waals surface area contributed by atoms with E-state index in [1.807, 2.05) is 7.05 Å². The molecule has 1 atom stereocenters. The Hall–Kier alpha value is -1.11. The largest absolute Gasteiger partial charge is 0.394 e. The number of aliphatic hydroxyl groups excluding tert-OH is 1. The lowest BCUT2D eigenvalue weighted by Crippen LogP contribution is -2.29. The van der Waals surface area contributed by atoms with E-state index in [1.54, 1.807) is 6.20 Å². The molecule has 1 saturated heterocycles. The first-order valence-electron chi connectivity index (χ1n) is 6.43. The van der Waals surface area contributed by atoms with Crippen molar-refractivity contribution < 1.29 is 5.11 Å². The van der Waals surface area contributed by atoms with E-state index >= 15 is 0 Å². The highest BCUT2D eigenvalue weighted by Crippen LogP contribution is 2.27. The fraction of sp³-hybridized carbons (Fsp3) is 0.667. The number of rotatable bonds is 5. The predicted molar refractivity (Wildman–Crippen MR) is 74.8 cm³/mol. The van der Waals surface area contributed by atoms with Crippen molar-refractivity contribution >= 4 is 17.3 Å². The number of anilines is 1. The van der Waals surface area contributed by atoms with Gasteiger partial charge in [0.2, 0.25) is 0 Å². The third kappa shape index (κ3) is 3.08. The van der Waals surface area contributed by atoms with Gasteiger partial charge in [0.1, 0.15) is 5.02 Å². The van der Waals surface area contributed by atoms with Crippen LogP contribution in [0.5, 0.6) is 0 Å². The zero-order valence-electron chi connectivity index (χ0n) is 11.0. The molecule has 7 heteroatoms. The van der Waals surface area contributed by atoms with Gasteiger partial charge in [-0.25, -0.2) is 4.68 Å². The van der Waals surface area contributed by atoms with E-state index in [1.165, 1.54) is 4.68 Å². The number of aromatic nitrogens is 2. The fourth-order valence-corrected chi connectivity index (χ4v) is 2.70. The zero-order chi connectivity index (χ0) is 13.8. The van der Waals surface area contributed by atoms with E-state index in [0.29, 0.717) is 11.6 Å². The van der Waals surface area contributed by atoms with Gasteiger partial charge in [-0.2, -0.15) is 5.10 Å². The van der Waals surface area contributed by atoms with Crippen LogP contribution in [0.1, 0.15) is 6.42 Å². The van der Waals surface area contributed by atoms with Crippen LogP contribution < -0.4 is 15.8 Å². The summed E-state index contributed by atoms with van der Waals surface area (Å²) in [6.45, 7) is 2.77. The van der Waals surface area contributed by atoms with Crippen molar-refractivity contribution in [1.29, 1.82) is 0 Å². The number of halogens is 1. The Morgan fingerprint density at radius 2 is 2.42 bits per heavy atom. The molecule has 0 aromatic carbocycles. The summed E-state index contributed by atoms with van der Waals surface area (Å²) in [6, 6.07) is 0. The lowest BCUT2D eigenvalue weighted by atomic mass is 10.1. The molecule has 19 heavy (non-hydrogen) atoms. The molecule has 1 aliphatic heterocycles. The van der Waals surface area contributed by atoms with Crippen molar-refractivity contribution in [2.45, 2.75) is 13.0 Å². The molecule has 0 aliphatic carbocycles. The molecule has 2 N–H and O–H groups in total. The van der Waals surface area contributed by atoms with Crippen molar-refractivity contribution in [2.75, 3.05) is 38.2 Å². The van der Waals surface area contributed by atoms with Crippen LogP contribution in [0.15, 0.2) is 11.0 Å². The van der Waals surface area contributed by atoms with Crippen molar-refractivity contribution in [3.63, 3.8) is 0 Å². The van der Waals surface area contributed by atoms with Gasteiger partial charge in [-0.1, -0.05) is 11.6 Å². The first-order valence-corrected chi connectivity index (χ1v) is 6.81. The van der Waals surface area contributed by atoms with Gasteiger partial charge in [0.15, 0.2) is 0 Å². The third-order valence-electron chi connectivity index (χ3n) is 3.40. The summed E-state index contributed by atoms with van der Waals surface area (Å²) in [5.74, 6) is 0.570. The quantitative estimate of drug-likeness (QED) is 0.793. The molecule has 6 nitrogen and oxygen atoms in total. The van der Waals surface area contributed by atoms with E-state index in [2.05, 4.69) is 15.3 Å². The van der Waals surface area contributed by atoms with Crippen LogP contribution in [-0.4, -0.2) is 48.2 Å². The van der Waals surface area contributed by atoms with Gasteiger partial charge in [-0.05, 0) is 25.9 Å². The van der Waals surface area contributed by atoms with E-state index in [9.17, 15) is 4.79 Å². The topological polar surface area (TPSA) is 70.4 Å². The Morgan fingerprint density at radius 3 is 3.11 bits per heavy atom. The van der Waals surface area contributed by atoms with Crippen LogP contribution >= 0.6 is 11.6 Å². The van der Waals surface area contributed by atoms with E-state index in [0.717, 1.165) is 26.1 Å². The van der Waals surface area contributed by atoms with Crippen LogP contribution in [0.4, 0.5) is 5.69 Å². The Bertz CT molecular complexity index is 491. The molecule has 1 aliphatic rings. The average molecular weight is 287 g/mol. The SMILES string of the molecule is CNCC1CCN(c2cnn(CCO)c(=O)c2Cl)C1. The maximum atomic E-state index is 12.0. The molecule has 0 radical (unpaired) electrons. The summed E-state index contributed by atoms with van der Waals surface area (Å²) >= 11 is 6.13. The number of nitrogens with one attached hydrogen (secondary N) is 1. The van der Waals surface area contributed by atoms with Gasteiger partial charge in [0.25, 0.3) is 5.56 Å². The first kappa shape index (κ1) is 14.3. The Balaban J connectivity index is 2.18. The normalized spacial score (nSPS) is 19.1. The Labute approximate surface area is 117 Å². The van der Waals surface area contributed by atoms with Gasteiger partial charge in [0, 0.05) is 13.1 Å². The molecule has 0 amide bonds. The summed E-state index contributed by atoms with van der Waals surface area (Å²) in [5.41, 5.74) is 0.352. The number of hydrogen-bond acceptors (Lipinski definition) is 5. The summed E-state index contributed by atoms with van der Waals surface area (Å²) in [5, 5.41) is 16.2. The van der Waals surface area contributed by atoms with Crippen LogP contribution in [0.2, 0.25) is 5.02 Å². The van der Waals surface area contributed by atoms with E-state index in [-0.39, 0.29) is 23.7 Å². The Kier molecular flexibility index (Phi) is 4.79. The van der Waals surface area contributed by atoms with Crippen LogP contribution in [0.3, 0.4) is 0 Å². The third-order valence-corrected chi connectivity index (χ3v) is 3.75. The van der Waals surface area contributed by atoms with Crippen LogP contribution in [-0.2, 0) is 6.54 Å². The maximum Gasteiger partial charge on any atom is 0.287 e. The van der Waals surface area contributed by atoms with Crippen LogP contribution in [0.25, 0.3) is 0 Å². The summed E-state index contributed by atoms with van der Waals surface area (Å²) in [4.78, 5) is 14.1. The maximum absolute atomic E-state index is 12.0. The smallest absolute Gasteiger partial charge is 0.287 e. The Morgan fingerprint density at radius 1 is 1.63 bits per heavy atom. The van der Waals surface area contributed by atoms with Gasteiger partial charge in [-0.15, -0.1) is 0 Å². The summed E-state index contributed by atoms with van der Waals surface area (Å²) in [6.07, 6.45) is 2.69. The van der Waals surface area contributed by atoms with Crippen molar-refractivity contribution in [3.05, 3.63) is 21.6 Å². The second-order valence-corrected chi connectivity index (χ2v) is 5.13. The second-order valence-electron chi connectivity index (χ2n) is 4.75. The van der Waals surface area contributed by atoms with Crippen molar-refractivity contribution in [2.24, 2.45) is 5.92 Å². The molecular weight excluding hydrogens is 268 g/mol. The minimum Gasteiger partial charge on any atom is -0.394 e. The summed E-state index contributed by atoms with van der Waals surface area (Å²) < 4.78 is 1.19. The number of aliphatic hydroxyl groups is 1. The average Bonchev–Trinajstić information content (AvgIpc) is 2.84. The molecule has 1 fully saturated rings. The second kappa shape index (κ2) is 6.36. The number of hydrogen-bond donors (Lipinski definition) is 2. The van der Waals surface area contributed by atoms with Gasteiger partial charge < -0.3 is 15.3 Å². The highest BCUT2D eigenvalue weighted by Gasteiger charge is 2.25. The van der Waals surface area contributed by atoms with E-state index < -0.39 is 0 Å². The zero-order valence-corrected chi connectivity index (χ0v) is 11.7. The summed E-state index contributed by atoms with van der Waals surface area (Å²) in [7, 11) is 1.94. The fourth-order valence-electron chi connectivity index (χ4n) is 2.44. The molecule has 2 heterocycles. The first-order chi connectivity index (χ1) is 9.17. The van der Waals surface area contributed by atoms with Gasteiger partial charge in [0.05, 0.1) is 25.0 Å². The molecule has 1 aromatic rings. The highest BCUT2D eigenvalue weighted by molar-refractivity contribution is 6.33. The molecule has 106 valence electrons. The number of nitrogens with zero attached hydrogens (tertiary/aromatic N) is 3. The standard InChI is InChI=1S/C12H19ClN4O2/c1-14-6-9-2-3-16(8-9)10-7-15-17(4-5-18)12(19)11(10)13/h7,9,14,18H,2-6,8H2,1H3. The van der Waals surface area contributed by atoms with E-state index in [4.69, 9.17) is 16.7 Å². The molecule has 0 spiro atoms. The van der Waals surface area contributed by atoms with Crippen molar-refractivity contribution in [1.82, 2.24) is 15.1 Å². The molecular formula is C12H19ClN4O2. The van der Waals surface area contributed by atoms with Crippen molar-refractivity contribution in [3.8, 4) is 0 Å². The lowest BCUT2D eigenvalue weighted by molar-refractivity contribution is 0.266. The molecule has 1 aromatic heterocycles. The molecule has 2 rings (SSSR count). The molecule has 0 bridgehead atoms. The predicted octanol–water partition coefficient (Wildman–Crippen LogP) is -0.0653. The lowest BCUT2D eigenvalue weighted by Gasteiger charge is -2.19. The molecule has 1 unspecified atom stereocenters. The van der Waals surface area contributed by atoms with Gasteiger partial charge >= 0.3 is 0 Å².